The number of rotatable bonds is 4. The molecule has 6 nitrogen and oxygen atoms in total. The van der Waals surface area contributed by atoms with Gasteiger partial charge in [-0.1, -0.05) is 11.6 Å². The van der Waals surface area contributed by atoms with Gasteiger partial charge in [0.05, 0.1) is 4.92 Å². The van der Waals surface area contributed by atoms with Gasteiger partial charge in [0.25, 0.3) is 0 Å². The van der Waals surface area contributed by atoms with E-state index in [9.17, 15) is 14.9 Å². The van der Waals surface area contributed by atoms with E-state index in [1.807, 2.05) is 4.90 Å². The second-order valence-electron chi connectivity index (χ2n) is 5.74. The Morgan fingerprint density at radius 1 is 1.21 bits per heavy atom. The molecule has 0 spiro atoms. The maximum Gasteiger partial charge on any atom is 0.311 e. The first kappa shape index (κ1) is 16.4. The molecule has 1 aliphatic heterocycles. The van der Waals surface area contributed by atoms with Crippen molar-refractivity contribution in [1.29, 1.82) is 0 Å². The van der Waals surface area contributed by atoms with Gasteiger partial charge in [-0.05, 0) is 43.2 Å². The van der Waals surface area contributed by atoms with E-state index in [0.29, 0.717) is 42.3 Å². The lowest BCUT2D eigenvalue weighted by molar-refractivity contribution is -0.384. The number of halogens is 1. The fourth-order valence-corrected chi connectivity index (χ4v) is 3.10. The van der Waals surface area contributed by atoms with Crippen molar-refractivity contribution in [2.75, 3.05) is 18.0 Å². The summed E-state index contributed by atoms with van der Waals surface area (Å²) in [4.78, 5) is 29.3. The average molecular weight is 346 g/mol. The first-order chi connectivity index (χ1) is 11.6. The zero-order chi connectivity index (χ0) is 17.1. The van der Waals surface area contributed by atoms with Crippen molar-refractivity contribution in [1.82, 2.24) is 4.98 Å². The predicted molar refractivity (Wildman–Crippen MR) is 91.6 cm³/mol. The normalized spacial score (nSPS) is 15.3. The van der Waals surface area contributed by atoms with Gasteiger partial charge < -0.3 is 4.90 Å². The third-order valence-electron chi connectivity index (χ3n) is 4.26. The van der Waals surface area contributed by atoms with Crippen LogP contribution in [0.3, 0.4) is 0 Å². The summed E-state index contributed by atoms with van der Waals surface area (Å²) in [5.41, 5.74) is 0.654. The molecule has 7 heteroatoms. The van der Waals surface area contributed by atoms with Crippen LogP contribution >= 0.6 is 11.6 Å². The van der Waals surface area contributed by atoms with Crippen LogP contribution in [0.25, 0.3) is 0 Å². The lowest BCUT2D eigenvalue weighted by atomic mass is 9.89. The zero-order valence-electron chi connectivity index (χ0n) is 12.9. The Labute approximate surface area is 144 Å². The van der Waals surface area contributed by atoms with Crippen molar-refractivity contribution < 1.29 is 9.72 Å². The second-order valence-corrected chi connectivity index (χ2v) is 6.17. The number of nitro groups is 1. The number of piperidine rings is 1. The Hall–Kier alpha value is -2.47. The molecular weight excluding hydrogens is 330 g/mol. The Morgan fingerprint density at radius 2 is 1.88 bits per heavy atom. The van der Waals surface area contributed by atoms with Crippen LogP contribution in [0.1, 0.15) is 23.2 Å². The van der Waals surface area contributed by atoms with E-state index in [2.05, 4.69) is 4.98 Å². The van der Waals surface area contributed by atoms with E-state index >= 15 is 0 Å². The first-order valence-corrected chi connectivity index (χ1v) is 8.08. The van der Waals surface area contributed by atoms with E-state index in [1.165, 1.54) is 6.07 Å². The molecule has 0 aliphatic carbocycles. The number of benzene rings is 1. The number of hydrogen-bond donors (Lipinski definition) is 0. The number of carbonyl (C=O) groups is 1. The topological polar surface area (TPSA) is 76.3 Å². The smallest absolute Gasteiger partial charge is 0.311 e. The summed E-state index contributed by atoms with van der Waals surface area (Å²) in [6.45, 7) is 1.14. The number of carbonyl (C=O) groups excluding carboxylic acids is 1. The molecule has 0 amide bonds. The van der Waals surface area contributed by atoms with Crippen molar-refractivity contribution >= 4 is 28.9 Å². The van der Waals surface area contributed by atoms with E-state index in [0.717, 1.165) is 0 Å². The summed E-state index contributed by atoms with van der Waals surface area (Å²) in [6, 6.07) is 9.90. The summed E-state index contributed by atoms with van der Waals surface area (Å²) < 4.78 is 0. The lowest BCUT2D eigenvalue weighted by Gasteiger charge is -2.31. The Morgan fingerprint density at radius 3 is 2.50 bits per heavy atom. The number of nitrogens with zero attached hydrogens (tertiary/aromatic N) is 3. The van der Waals surface area contributed by atoms with Gasteiger partial charge in [0.15, 0.2) is 5.78 Å². The molecule has 0 atom stereocenters. The van der Waals surface area contributed by atoms with Gasteiger partial charge in [-0.25, -0.2) is 4.98 Å². The highest BCUT2D eigenvalue weighted by Crippen LogP contribution is 2.30. The number of Topliss-reactive ketones (excluding diaryl/α,β-unsaturated/α-hetero) is 1. The fraction of sp³-hybridized carbons (Fsp3) is 0.294. The SMILES string of the molecule is O=C(c1ccc(Cl)cc1)C1CCN(c2ncccc2[N+](=O)[O-])CC1. The molecule has 2 aromatic rings. The van der Waals surface area contributed by atoms with Crippen molar-refractivity contribution in [3.8, 4) is 0 Å². The molecule has 0 radical (unpaired) electrons. The monoisotopic (exact) mass is 345 g/mol. The van der Waals surface area contributed by atoms with E-state index in [4.69, 9.17) is 11.6 Å². The van der Waals surface area contributed by atoms with Gasteiger partial charge in [-0.3, -0.25) is 14.9 Å². The molecule has 0 saturated carbocycles. The van der Waals surface area contributed by atoms with Gasteiger partial charge in [-0.15, -0.1) is 0 Å². The predicted octanol–water partition coefficient (Wildman–Crippen LogP) is 3.74. The zero-order valence-corrected chi connectivity index (χ0v) is 13.6. The largest absolute Gasteiger partial charge is 0.351 e. The number of ketones is 1. The van der Waals surface area contributed by atoms with Gasteiger partial charge in [0.2, 0.25) is 5.82 Å². The van der Waals surface area contributed by atoms with Crippen molar-refractivity contribution in [3.05, 3.63) is 63.3 Å². The quantitative estimate of drug-likeness (QED) is 0.479. The Balaban J connectivity index is 1.69. The highest BCUT2D eigenvalue weighted by molar-refractivity contribution is 6.30. The minimum atomic E-state index is -0.423. The summed E-state index contributed by atoms with van der Waals surface area (Å²) in [7, 11) is 0. The molecule has 1 aliphatic rings. The van der Waals surface area contributed by atoms with Gasteiger partial charge in [-0.2, -0.15) is 0 Å². The number of anilines is 1. The third-order valence-corrected chi connectivity index (χ3v) is 4.51. The molecule has 124 valence electrons. The summed E-state index contributed by atoms with van der Waals surface area (Å²) in [5.74, 6) is 0.395. The number of aromatic nitrogens is 1. The molecule has 0 unspecified atom stereocenters. The molecule has 1 aromatic carbocycles. The van der Waals surface area contributed by atoms with Crippen LogP contribution in [0, 0.1) is 16.0 Å². The standard InChI is InChI=1S/C17H16ClN3O3/c18-14-5-3-12(4-6-14)16(22)13-7-10-20(11-8-13)17-15(21(23)24)2-1-9-19-17/h1-6,9,13H,7-8,10-11H2. The minimum Gasteiger partial charge on any atom is -0.351 e. The first-order valence-electron chi connectivity index (χ1n) is 7.70. The molecule has 24 heavy (non-hydrogen) atoms. The van der Waals surface area contributed by atoms with Crippen LogP contribution in [0.5, 0.6) is 0 Å². The second kappa shape index (κ2) is 6.97. The van der Waals surface area contributed by atoms with E-state index < -0.39 is 4.92 Å². The summed E-state index contributed by atoms with van der Waals surface area (Å²) in [6.07, 6.45) is 2.84. The third kappa shape index (κ3) is 3.38. The fourth-order valence-electron chi connectivity index (χ4n) is 2.98. The minimum absolute atomic E-state index is 0.0000206. The van der Waals surface area contributed by atoms with Crippen LogP contribution in [-0.2, 0) is 0 Å². The maximum absolute atomic E-state index is 12.5. The Kier molecular flexibility index (Phi) is 4.76. The van der Waals surface area contributed by atoms with E-state index in [-0.39, 0.29) is 17.4 Å². The number of hydrogen-bond acceptors (Lipinski definition) is 5. The van der Waals surface area contributed by atoms with E-state index in [1.54, 1.807) is 36.5 Å². The van der Waals surface area contributed by atoms with Crippen LogP contribution in [-0.4, -0.2) is 28.8 Å². The molecule has 1 fully saturated rings. The highest BCUT2D eigenvalue weighted by Gasteiger charge is 2.29. The molecular formula is C17H16ClN3O3. The Bertz CT molecular complexity index is 756. The van der Waals surface area contributed by atoms with Crippen molar-refractivity contribution in [2.24, 2.45) is 5.92 Å². The highest BCUT2D eigenvalue weighted by atomic mass is 35.5. The average Bonchev–Trinajstić information content (AvgIpc) is 2.62. The van der Waals surface area contributed by atoms with Crippen molar-refractivity contribution in [3.63, 3.8) is 0 Å². The molecule has 1 saturated heterocycles. The van der Waals surface area contributed by atoms with Crippen LogP contribution in [0.4, 0.5) is 11.5 Å². The molecule has 2 heterocycles. The van der Waals surface area contributed by atoms with Crippen LogP contribution in [0.15, 0.2) is 42.6 Å². The van der Waals surface area contributed by atoms with Gasteiger partial charge >= 0.3 is 5.69 Å². The summed E-state index contributed by atoms with van der Waals surface area (Å²) >= 11 is 5.85. The maximum atomic E-state index is 12.5. The molecule has 1 aromatic heterocycles. The molecule has 0 bridgehead atoms. The van der Waals surface area contributed by atoms with Crippen LogP contribution < -0.4 is 4.90 Å². The molecule has 0 N–H and O–H groups in total. The van der Waals surface area contributed by atoms with Crippen molar-refractivity contribution in [2.45, 2.75) is 12.8 Å². The van der Waals surface area contributed by atoms with Crippen LogP contribution in [0.2, 0.25) is 5.02 Å². The number of pyridine rings is 1. The summed E-state index contributed by atoms with van der Waals surface area (Å²) in [5, 5.41) is 11.7. The molecule has 3 rings (SSSR count). The van der Waals surface area contributed by atoms with Gasteiger partial charge in [0, 0.05) is 41.9 Å². The van der Waals surface area contributed by atoms with Gasteiger partial charge in [0.1, 0.15) is 0 Å². The lowest BCUT2D eigenvalue weighted by Crippen LogP contribution is -2.37.